The lowest BCUT2D eigenvalue weighted by Crippen LogP contribution is -2.35. The Balaban J connectivity index is 1.61. The second kappa shape index (κ2) is 7.60. The molecule has 0 saturated carbocycles. The van der Waals surface area contributed by atoms with Crippen LogP contribution in [0.2, 0.25) is 0 Å². The van der Waals surface area contributed by atoms with Crippen molar-refractivity contribution >= 4 is 23.2 Å². The number of aryl methyl sites for hydroxylation is 1. The maximum atomic E-state index is 12.8. The minimum Gasteiger partial charge on any atom is -0.496 e. The zero-order chi connectivity index (χ0) is 19.5. The predicted octanol–water partition coefficient (Wildman–Crippen LogP) is 4.13. The number of ether oxygens (including phenoxy) is 1. The molecule has 0 fully saturated rings. The van der Waals surface area contributed by atoms with Gasteiger partial charge in [0.2, 0.25) is 0 Å². The van der Waals surface area contributed by atoms with Crippen LogP contribution in [0.15, 0.2) is 65.3 Å². The van der Waals surface area contributed by atoms with E-state index in [9.17, 15) is 9.59 Å². The summed E-state index contributed by atoms with van der Waals surface area (Å²) in [7, 11) is 1.53. The van der Waals surface area contributed by atoms with Gasteiger partial charge in [-0.2, -0.15) is 0 Å². The number of amides is 2. The molecule has 0 atom stereocenters. The summed E-state index contributed by atoms with van der Waals surface area (Å²) < 4.78 is 10.5. The number of rotatable bonds is 4. The molecule has 2 heterocycles. The molecule has 6 heteroatoms. The second-order valence-corrected chi connectivity index (χ2v) is 6.54. The van der Waals surface area contributed by atoms with Crippen LogP contribution >= 0.6 is 0 Å². The van der Waals surface area contributed by atoms with Crippen LogP contribution < -0.4 is 15.0 Å². The molecule has 4 rings (SSSR count). The smallest absolute Gasteiger partial charge is 0.293 e. The first-order valence-electron chi connectivity index (χ1n) is 9.10. The molecular formula is C22H20N2O4. The Morgan fingerprint density at radius 3 is 2.75 bits per heavy atom. The van der Waals surface area contributed by atoms with E-state index in [4.69, 9.17) is 9.15 Å². The molecule has 0 radical (unpaired) electrons. The Labute approximate surface area is 162 Å². The van der Waals surface area contributed by atoms with E-state index in [0.29, 0.717) is 29.3 Å². The zero-order valence-electron chi connectivity index (χ0n) is 15.5. The van der Waals surface area contributed by atoms with Crippen molar-refractivity contribution < 1.29 is 18.7 Å². The topological polar surface area (TPSA) is 71.8 Å². The van der Waals surface area contributed by atoms with Gasteiger partial charge < -0.3 is 19.4 Å². The molecule has 0 spiro atoms. The summed E-state index contributed by atoms with van der Waals surface area (Å²) in [6.45, 7) is 0.608. The Morgan fingerprint density at radius 2 is 1.96 bits per heavy atom. The molecule has 2 amide bonds. The highest BCUT2D eigenvalue weighted by Gasteiger charge is 2.25. The highest BCUT2D eigenvalue weighted by Crippen LogP contribution is 2.32. The summed E-state index contributed by atoms with van der Waals surface area (Å²) in [6.07, 6.45) is 3.26. The molecule has 0 unspecified atom stereocenters. The number of furan rings is 1. The van der Waals surface area contributed by atoms with Crippen molar-refractivity contribution in [2.75, 3.05) is 23.9 Å². The van der Waals surface area contributed by atoms with Gasteiger partial charge in [0.15, 0.2) is 5.76 Å². The van der Waals surface area contributed by atoms with Crippen LogP contribution in [-0.2, 0) is 6.42 Å². The highest BCUT2D eigenvalue weighted by atomic mass is 16.5. The molecule has 0 bridgehead atoms. The molecule has 3 aromatic rings. The third-order valence-electron chi connectivity index (χ3n) is 4.79. The number of nitrogens with zero attached hydrogens (tertiary/aromatic N) is 1. The number of methoxy groups -OCH3 is 1. The maximum absolute atomic E-state index is 12.8. The summed E-state index contributed by atoms with van der Waals surface area (Å²) in [5, 5.41) is 2.90. The Bertz CT molecular complexity index is 1010. The monoisotopic (exact) mass is 376 g/mol. The molecule has 0 saturated heterocycles. The lowest BCUT2D eigenvalue weighted by atomic mass is 10.0. The number of fused-ring (bicyclic) bond motifs is 1. The quantitative estimate of drug-likeness (QED) is 0.743. The summed E-state index contributed by atoms with van der Waals surface area (Å²) in [6, 6.07) is 16.0. The van der Waals surface area contributed by atoms with Crippen molar-refractivity contribution in [1.82, 2.24) is 0 Å². The minimum atomic E-state index is -0.267. The zero-order valence-corrected chi connectivity index (χ0v) is 15.5. The van der Waals surface area contributed by atoms with Crippen LogP contribution in [0, 0.1) is 0 Å². The van der Waals surface area contributed by atoms with E-state index in [1.54, 1.807) is 35.2 Å². The SMILES string of the molecule is COc1ccccc1C(=O)Nc1ccc2c(c1)N(C(=O)c1ccco1)CCC2. The number of para-hydroxylation sites is 1. The van der Waals surface area contributed by atoms with Crippen molar-refractivity contribution in [2.45, 2.75) is 12.8 Å². The summed E-state index contributed by atoms with van der Waals surface area (Å²) in [4.78, 5) is 27.2. The van der Waals surface area contributed by atoms with E-state index >= 15 is 0 Å². The van der Waals surface area contributed by atoms with E-state index in [-0.39, 0.29) is 11.8 Å². The van der Waals surface area contributed by atoms with Crippen molar-refractivity contribution in [2.24, 2.45) is 0 Å². The molecule has 1 N–H and O–H groups in total. The minimum absolute atomic E-state index is 0.181. The van der Waals surface area contributed by atoms with Crippen LogP contribution in [0.4, 0.5) is 11.4 Å². The molecule has 28 heavy (non-hydrogen) atoms. The van der Waals surface area contributed by atoms with E-state index in [1.165, 1.54) is 13.4 Å². The predicted molar refractivity (Wildman–Crippen MR) is 106 cm³/mol. The molecule has 1 aliphatic rings. The Morgan fingerprint density at radius 1 is 1.11 bits per heavy atom. The Kier molecular flexibility index (Phi) is 4.85. The standard InChI is InChI=1S/C22H20N2O4/c1-27-19-8-3-2-7-17(19)21(25)23-16-11-10-15-6-4-12-24(18(15)14-16)22(26)20-9-5-13-28-20/h2-3,5,7-11,13-14H,4,6,12H2,1H3,(H,23,25). The fourth-order valence-electron chi connectivity index (χ4n) is 3.43. The van der Waals surface area contributed by atoms with Gasteiger partial charge in [0.25, 0.3) is 11.8 Å². The van der Waals surface area contributed by atoms with Gasteiger partial charge in [0.05, 0.1) is 18.9 Å². The van der Waals surface area contributed by atoms with Crippen LogP contribution in [-0.4, -0.2) is 25.5 Å². The average molecular weight is 376 g/mol. The molecule has 142 valence electrons. The van der Waals surface area contributed by atoms with Crippen LogP contribution in [0.25, 0.3) is 0 Å². The summed E-state index contributed by atoms with van der Waals surface area (Å²) >= 11 is 0. The fraction of sp³-hybridized carbons (Fsp3) is 0.182. The van der Waals surface area contributed by atoms with Crippen LogP contribution in [0.1, 0.15) is 32.9 Å². The third-order valence-corrected chi connectivity index (χ3v) is 4.79. The van der Waals surface area contributed by atoms with Gasteiger partial charge in [-0.3, -0.25) is 9.59 Å². The van der Waals surface area contributed by atoms with Crippen LogP contribution in [0.5, 0.6) is 5.75 Å². The van der Waals surface area contributed by atoms with Gasteiger partial charge in [-0.25, -0.2) is 0 Å². The highest BCUT2D eigenvalue weighted by molar-refractivity contribution is 6.08. The molecule has 1 aromatic heterocycles. The van der Waals surface area contributed by atoms with Gasteiger partial charge >= 0.3 is 0 Å². The summed E-state index contributed by atoms with van der Waals surface area (Å²) in [5.41, 5.74) is 2.94. The van der Waals surface area contributed by atoms with Crippen LogP contribution in [0.3, 0.4) is 0 Å². The molecular weight excluding hydrogens is 356 g/mol. The molecule has 2 aromatic carbocycles. The van der Waals surface area contributed by atoms with Gasteiger partial charge in [-0.1, -0.05) is 18.2 Å². The van der Waals surface area contributed by atoms with Crippen molar-refractivity contribution in [3.05, 3.63) is 77.7 Å². The first kappa shape index (κ1) is 17.9. The molecule has 1 aliphatic heterocycles. The van der Waals surface area contributed by atoms with E-state index < -0.39 is 0 Å². The Hall–Kier alpha value is -3.54. The van der Waals surface area contributed by atoms with Gasteiger partial charge in [0.1, 0.15) is 5.75 Å². The second-order valence-electron chi connectivity index (χ2n) is 6.54. The average Bonchev–Trinajstić information content (AvgIpc) is 3.27. The van der Waals surface area contributed by atoms with Crippen molar-refractivity contribution in [3.63, 3.8) is 0 Å². The molecule has 6 nitrogen and oxygen atoms in total. The van der Waals surface area contributed by atoms with Crippen molar-refractivity contribution in [1.29, 1.82) is 0 Å². The number of nitrogens with one attached hydrogen (secondary N) is 1. The first-order chi connectivity index (χ1) is 13.7. The van der Waals surface area contributed by atoms with E-state index in [1.807, 2.05) is 24.3 Å². The maximum Gasteiger partial charge on any atom is 0.293 e. The van der Waals surface area contributed by atoms with Gasteiger partial charge in [0, 0.05) is 17.9 Å². The van der Waals surface area contributed by atoms with Gasteiger partial charge in [-0.15, -0.1) is 0 Å². The number of benzene rings is 2. The number of hydrogen-bond acceptors (Lipinski definition) is 4. The largest absolute Gasteiger partial charge is 0.496 e. The third kappa shape index (κ3) is 3.36. The van der Waals surface area contributed by atoms with E-state index in [0.717, 1.165) is 24.1 Å². The lowest BCUT2D eigenvalue weighted by Gasteiger charge is -2.29. The number of carbonyl (C=O) groups is 2. The van der Waals surface area contributed by atoms with Gasteiger partial charge in [-0.05, 0) is 54.8 Å². The van der Waals surface area contributed by atoms with E-state index in [2.05, 4.69) is 5.32 Å². The van der Waals surface area contributed by atoms with Crippen molar-refractivity contribution in [3.8, 4) is 5.75 Å². The first-order valence-corrected chi connectivity index (χ1v) is 9.10. The number of hydrogen-bond donors (Lipinski definition) is 1. The molecule has 0 aliphatic carbocycles. The number of carbonyl (C=O) groups excluding carboxylic acids is 2. The normalized spacial score (nSPS) is 13.0. The summed E-state index contributed by atoms with van der Waals surface area (Å²) in [5.74, 6) is 0.361. The lowest BCUT2D eigenvalue weighted by molar-refractivity contribution is 0.0957. The fourth-order valence-corrected chi connectivity index (χ4v) is 3.43. The number of anilines is 2.